The standard InChI is InChI=1S/C12H11Cl2NS/c1-12(2,3)5-4-9-10(13)6-8(15-16)7-11(9)14/h6-7H,1-3H3. The van der Waals surface area contributed by atoms with Gasteiger partial charge in [-0.25, -0.2) is 0 Å². The molecule has 0 unspecified atom stereocenters. The van der Waals surface area contributed by atoms with Gasteiger partial charge in [-0.15, -0.1) is 0 Å². The van der Waals surface area contributed by atoms with Crippen molar-refractivity contribution in [2.45, 2.75) is 20.8 Å². The Morgan fingerprint density at radius 1 is 1.19 bits per heavy atom. The molecule has 0 atom stereocenters. The van der Waals surface area contributed by atoms with E-state index in [0.29, 0.717) is 21.3 Å². The molecule has 1 aromatic rings. The summed E-state index contributed by atoms with van der Waals surface area (Å²) in [5, 5.41) is 0.959. The van der Waals surface area contributed by atoms with E-state index in [1.165, 1.54) is 0 Å². The molecule has 0 saturated heterocycles. The van der Waals surface area contributed by atoms with Crippen molar-refractivity contribution in [3.05, 3.63) is 27.7 Å². The summed E-state index contributed by atoms with van der Waals surface area (Å²) < 4.78 is 3.61. The quantitative estimate of drug-likeness (QED) is 0.672. The highest BCUT2D eigenvalue weighted by atomic mass is 35.5. The maximum atomic E-state index is 6.05. The zero-order chi connectivity index (χ0) is 12.3. The van der Waals surface area contributed by atoms with Crippen molar-refractivity contribution in [2.24, 2.45) is 9.78 Å². The molecular weight excluding hydrogens is 261 g/mol. The molecule has 0 bridgehead atoms. The van der Waals surface area contributed by atoms with Crippen LogP contribution < -0.4 is 0 Å². The molecule has 0 amide bonds. The molecule has 1 rings (SSSR count). The van der Waals surface area contributed by atoms with Gasteiger partial charge in [0, 0.05) is 17.8 Å². The molecule has 0 heterocycles. The van der Waals surface area contributed by atoms with Crippen LogP contribution in [0.3, 0.4) is 0 Å². The van der Waals surface area contributed by atoms with E-state index in [1.807, 2.05) is 20.8 Å². The van der Waals surface area contributed by atoms with E-state index in [1.54, 1.807) is 12.1 Å². The number of hydrogen-bond acceptors (Lipinski definition) is 2. The lowest BCUT2D eigenvalue weighted by atomic mass is 9.97. The van der Waals surface area contributed by atoms with Gasteiger partial charge in [0.25, 0.3) is 0 Å². The van der Waals surface area contributed by atoms with Crippen molar-refractivity contribution in [2.75, 3.05) is 0 Å². The molecule has 0 aromatic heterocycles. The Kier molecular flexibility index (Phi) is 4.32. The molecule has 1 aromatic carbocycles. The molecule has 0 spiro atoms. The van der Waals surface area contributed by atoms with Crippen LogP contribution in [0, 0.1) is 17.3 Å². The molecule has 0 aliphatic heterocycles. The third-order valence-electron chi connectivity index (χ3n) is 1.69. The molecule has 0 aliphatic carbocycles. The van der Waals surface area contributed by atoms with Crippen molar-refractivity contribution in [1.82, 2.24) is 0 Å². The molecule has 0 fully saturated rings. The molecule has 4 heteroatoms. The zero-order valence-electron chi connectivity index (χ0n) is 9.27. The average molecular weight is 272 g/mol. The number of rotatable bonds is 1. The maximum Gasteiger partial charge on any atom is 0.0799 e. The second-order valence-electron chi connectivity index (χ2n) is 4.38. The lowest BCUT2D eigenvalue weighted by molar-refractivity contribution is 0.571. The molecule has 84 valence electrons. The molecule has 16 heavy (non-hydrogen) atoms. The van der Waals surface area contributed by atoms with Crippen LogP contribution in [0.2, 0.25) is 10.0 Å². The lowest BCUT2D eigenvalue weighted by Crippen LogP contribution is -1.99. The highest BCUT2D eigenvalue weighted by Crippen LogP contribution is 2.30. The number of hydrogen-bond donors (Lipinski definition) is 0. The summed E-state index contributed by atoms with van der Waals surface area (Å²) >= 11 is 16.7. The van der Waals surface area contributed by atoms with Crippen molar-refractivity contribution in [3.8, 4) is 11.8 Å². The van der Waals surface area contributed by atoms with E-state index < -0.39 is 0 Å². The van der Waals surface area contributed by atoms with Gasteiger partial charge in [0.15, 0.2) is 0 Å². The van der Waals surface area contributed by atoms with Crippen LogP contribution >= 0.6 is 23.2 Å². The van der Waals surface area contributed by atoms with Crippen molar-refractivity contribution in [3.63, 3.8) is 0 Å². The van der Waals surface area contributed by atoms with E-state index in [4.69, 9.17) is 23.2 Å². The Bertz CT molecular complexity index is 455. The summed E-state index contributed by atoms with van der Waals surface area (Å²) in [5.41, 5.74) is 1.11. The van der Waals surface area contributed by atoms with Gasteiger partial charge < -0.3 is 0 Å². The van der Waals surface area contributed by atoms with Crippen LogP contribution in [0.5, 0.6) is 0 Å². The first-order valence-corrected chi connectivity index (χ1v) is 5.81. The minimum atomic E-state index is -0.0896. The maximum absolute atomic E-state index is 6.05. The summed E-state index contributed by atoms with van der Waals surface area (Å²) in [4.78, 5) is 0. The first-order valence-electron chi connectivity index (χ1n) is 4.69. The first-order chi connectivity index (χ1) is 7.33. The third-order valence-corrected chi connectivity index (χ3v) is 2.50. The van der Waals surface area contributed by atoms with Gasteiger partial charge in [-0.2, -0.15) is 4.36 Å². The van der Waals surface area contributed by atoms with Gasteiger partial charge in [0.1, 0.15) is 0 Å². The highest BCUT2D eigenvalue weighted by Gasteiger charge is 2.08. The van der Waals surface area contributed by atoms with E-state index in [0.717, 1.165) is 0 Å². The fourth-order valence-electron chi connectivity index (χ4n) is 0.982. The van der Waals surface area contributed by atoms with Gasteiger partial charge in [0.2, 0.25) is 0 Å². The normalized spacial score (nSPS) is 10.6. The van der Waals surface area contributed by atoms with Crippen molar-refractivity contribution >= 4 is 41.3 Å². The number of nitrogens with zero attached hydrogens (tertiary/aromatic N) is 1. The largest absolute Gasteiger partial charge is 0.182 e. The van der Waals surface area contributed by atoms with E-state index in [9.17, 15) is 0 Å². The second kappa shape index (κ2) is 5.14. The number of benzene rings is 1. The SMILES string of the molecule is CC(C)(C)C#Cc1c(Cl)cc(N=S)cc1Cl. The fraction of sp³-hybridized carbons (Fsp3) is 0.333. The lowest BCUT2D eigenvalue weighted by Gasteiger charge is -2.07. The predicted molar refractivity (Wildman–Crippen MR) is 72.2 cm³/mol. The Morgan fingerprint density at radius 3 is 2.06 bits per heavy atom. The van der Waals surface area contributed by atoms with Crippen molar-refractivity contribution < 1.29 is 0 Å². The fourth-order valence-corrected chi connectivity index (χ4v) is 1.66. The molecule has 0 aliphatic rings. The Labute approximate surface area is 111 Å². The van der Waals surface area contributed by atoms with Gasteiger partial charge in [0.05, 0.1) is 21.3 Å². The summed E-state index contributed by atoms with van der Waals surface area (Å²) in [7, 11) is 0. The minimum absolute atomic E-state index is 0.0896. The van der Waals surface area contributed by atoms with Gasteiger partial charge >= 0.3 is 0 Å². The van der Waals surface area contributed by atoms with Gasteiger partial charge in [-0.3, -0.25) is 0 Å². The van der Waals surface area contributed by atoms with Crippen LogP contribution in [0.25, 0.3) is 0 Å². The molecule has 0 radical (unpaired) electrons. The summed E-state index contributed by atoms with van der Waals surface area (Å²) in [5.74, 6) is 6.06. The van der Waals surface area contributed by atoms with E-state index in [2.05, 4.69) is 28.6 Å². The molecule has 0 N–H and O–H groups in total. The second-order valence-corrected chi connectivity index (χ2v) is 5.37. The molecule has 0 saturated carbocycles. The Morgan fingerprint density at radius 2 is 1.69 bits per heavy atom. The van der Waals surface area contributed by atoms with Crippen LogP contribution in [-0.2, 0) is 12.4 Å². The van der Waals surface area contributed by atoms with E-state index >= 15 is 0 Å². The van der Waals surface area contributed by atoms with Crippen LogP contribution in [0.4, 0.5) is 5.69 Å². The predicted octanol–water partition coefficient (Wildman–Crippen LogP) is 4.75. The number of halogens is 2. The first kappa shape index (κ1) is 13.4. The monoisotopic (exact) mass is 271 g/mol. The summed E-state index contributed by atoms with van der Waals surface area (Å²) in [6.07, 6.45) is 0. The Hall–Kier alpha value is -0.620. The van der Waals surface area contributed by atoms with Crippen LogP contribution in [0.1, 0.15) is 26.3 Å². The van der Waals surface area contributed by atoms with Gasteiger partial charge in [-0.05, 0) is 32.9 Å². The van der Waals surface area contributed by atoms with Crippen molar-refractivity contribution in [1.29, 1.82) is 0 Å². The zero-order valence-corrected chi connectivity index (χ0v) is 11.6. The average Bonchev–Trinajstić information content (AvgIpc) is 2.14. The summed E-state index contributed by atoms with van der Waals surface area (Å²) in [6.45, 7) is 6.07. The highest BCUT2D eigenvalue weighted by molar-refractivity contribution is 7.47. The smallest absolute Gasteiger partial charge is 0.0799 e. The molecule has 1 nitrogen and oxygen atoms in total. The van der Waals surface area contributed by atoms with Crippen LogP contribution in [0.15, 0.2) is 16.5 Å². The van der Waals surface area contributed by atoms with Crippen LogP contribution in [-0.4, -0.2) is 0 Å². The van der Waals surface area contributed by atoms with E-state index in [-0.39, 0.29) is 5.41 Å². The minimum Gasteiger partial charge on any atom is -0.182 e. The summed E-state index contributed by atoms with van der Waals surface area (Å²) in [6, 6.07) is 3.32. The topological polar surface area (TPSA) is 12.4 Å². The Balaban J connectivity index is 3.24. The molecular formula is C12H11Cl2NS. The van der Waals surface area contributed by atoms with Gasteiger partial charge in [-0.1, -0.05) is 35.0 Å². The third kappa shape index (κ3) is 3.75.